The van der Waals surface area contributed by atoms with Gasteiger partial charge in [0.05, 0.1) is 5.92 Å². The first kappa shape index (κ1) is 12.0. The van der Waals surface area contributed by atoms with Crippen molar-refractivity contribution in [2.75, 3.05) is 0 Å². The fraction of sp³-hybridized carbons (Fsp3) is 0.462. The van der Waals surface area contributed by atoms with Gasteiger partial charge < -0.3 is 10.4 Å². The minimum absolute atomic E-state index is 0.0397. The zero-order valence-corrected chi connectivity index (χ0v) is 9.69. The number of rotatable bonds is 4. The molecule has 0 amide bonds. The standard InChI is InChI=1S/C13H16FNO2/c1-8(9-4-2-3-5-11(9)14)15-12-7-6-10(12)13(16)17/h2-5,8,10,12,15H,6-7H2,1H3,(H,16,17)/t8-,10?,12?/m1/s1. The number of benzene rings is 1. The normalized spacial score (nSPS) is 25.1. The Morgan fingerprint density at radius 3 is 2.71 bits per heavy atom. The van der Waals surface area contributed by atoms with Gasteiger partial charge in [-0.15, -0.1) is 0 Å². The topological polar surface area (TPSA) is 49.3 Å². The van der Waals surface area contributed by atoms with Gasteiger partial charge in [-0.2, -0.15) is 0 Å². The second-order valence-electron chi connectivity index (χ2n) is 4.54. The summed E-state index contributed by atoms with van der Waals surface area (Å²) in [6.45, 7) is 1.86. The Kier molecular flexibility index (Phi) is 3.43. The van der Waals surface area contributed by atoms with Crippen molar-refractivity contribution in [3.63, 3.8) is 0 Å². The Morgan fingerprint density at radius 2 is 2.18 bits per heavy atom. The molecule has 1 aliphatic rings. The van der Waals surface area contributed by atoms with E-state index in [0.717, 1.165) is 6.42 Å². The monoisotopic (exact) mass is 237 g/mol. The molecule has 2 unspecified atom stereocenters. The first-order valence-corrected chi connectivity index (χ1v) is 5.83. The van der Waals surface area contributed by atoms with Gasteiger partial charge in [-0.3, -0.25) is 4.79 Å². The zero-order valence-electron chi connectivity index (χ0n) is 9.69. The van der Waals surface area contributed by atoms with Crippen LogP contribution < -0.4 is 5.32 Å². The van der Waals surface area contributed by atoms with Gasteiger partial charge in [-0.05, 0) is 25.8 Å². The number of carboxylic acids is 1. The maximum atomic E-state index is 13.5. The van der Waals surface area contributed by atoms with Crippen molar-refractivity contribution >= 4 is 5.97 Å². The lowest BCUT2D eigenvalue weighted by Gasteiger charge is -2.36. The lowest BCUT2D eigenvalue weighted by molar-refractivity contribution is -0.146. The average molecular weight is 237 g/mol. The molecule has 4 heteroatoms. The summed E-state index contributed by atoms with van der Waals surface area (Å²) in [5, 5.41) is 12.1. The molecule has 0 spiro atoms. The molecule has 2 N–H and O–H groups in total. The highest BCUT2D eigenvalue weighted by Gasteiger charge is 2.37. The predicted molar refractivity (Wildman–Crippen MR) is 62.1 cm³/mol. The molecule has 1 aromatic rings. The highest BCUT2D eigenvalue weighted by molar-refractivity contribution is 5.72. The highest BCUT2D eigenvalue weighted by Crippen LogP contribution is 2.30. The molecule has 0 radical (unpaired) electrons. The Balaban J connectivity index is 2.00. The molecule has 0 heterocycles. The van der Waals surface area contributed by atoms with E-state index < -0.39 is 5.97 Å². The zero-order chi connectivity index (χ0) is 12.4. The quantitative estimate of drug-likeness (QED) is 0.845. The Bertz CT molecular complexity index is 422. The summed E-state index contributed by atoms with van der Waals surface area (Å²) in [5.41, 5.74) is 0.587. The van der Waals surface area contributed by atoms with Crippen LogP contribution in [-0.4, -0.2) is 17.1 Å². The fourth-order valence-electron chi connectivity index (χ4n) is 2.23. The molecule has 3 nitrogen and oxygen atoms in total. The van der Waals surface area contributed by atoms with E-state index in [2.05, 4.69) is 5.32 Å². The Morgan fingerprint density at radius 1 is 1.47 bits per heavy atom. The van der Waals surface area contributed by atoms with Crippen molar-refractivity contribution in [2.45, 2.75) is 31.8 Å². The molecular formula is C13H16FNO2. The summed E-state index contributed by atoms with van der Waals surface area (Å²) in [4.78, 5) is 10.9. The molecule has 0 aromatic heterocycles. The summed E-state index contributed by atoms with van der Waals surface area (Å²) in [6, 6.07) is 6.37. The molecule has 0 aliphatic heterocycles. The molecule has 1 saturated carbocycles. The van der Waals surface area contributed by atoms with Crippen LogP contribution in [-0.2, 0) is 4.79 Å². The average Bonchev–Trinajstić information content (AvgIpc) is 2.24. The maximum Gasteiger partial charge on any atom is 0.308 e. The molecule has 0 saturated heterocycles. The molecule has 1 fully saturated rings. The van der Waals surface area contributed by atoms with Gasteiger partial charge in [0, 0.05) is 17.6 Å². The Hall–Kier alpha value is -1.42. The minimum atomic E-state index is -0.769. The number of hydrogen-bond acceptors (Lipinski definition) is 2. The van der Waals surface area contributed by atoms with Crippen molar-refractivity contribution in [3.05, 3.63) is 35.6 Å². The van der Waals surface area contributed by atoms with Gasteiger partial charge in [0.1, 0.15) is 5.82 Å². The summed E-state index contributed by atoms with van der Waals surface area (Å²) < 4.78 is 13.5. The number of halogens is 1. The van der Waals surface area contributed by atoms with Crippen molar-refractivity contribution < 1.29 is 14.3 Å². The highest BCUT2D eigenvalue weighted by atomic mass is 19.1. The van der Waals surface area contributed by atoms with Crippen LogP contribution in [0, 0.1) is 11.7 Å². The number of aliphatic carboxylic acids is 1. The molecule has 3 atom stereocenters. The van der Waals surface area contributed by atoms with Gasteiger partial charge in [-0.1, -0.05) is 18.2 Å². The molecule has 92 valence electrons. The predicted octanol–water partition coefficient (Wildman–Crippen LogP) is 2.34. The summed E-state index contributed by atoms with van der Waals surface area (Å²) in [5.74, 6) is -1.35. The molecule has 0 bridgehead atoms. The van der Waals surface area contributed by atoms with Gasteiger partial charge >= 0.3 is 5.97 Å². The van der Waals surface area contributed by atoms with Crippen molar-refractivity contribution in [1.29, 1.82) is 0 Å². The third kappa shape index (κ3) is 2.47. The number of hydrogen-bond donors (Lipinski definition) is 2. The lowest BCUT2D eigenvalue weighted by Crippen LogP contribution is -2.48. The van der Waals surface area contributed by atoms with Gasteiger partial charge in [0.25, 0.3) is 0 Å². The summed E-state index contributed by atoms with van der Waals surface area (Å²) in [7, 11) is 0. The smallest absolute Gasteiger partial charge is 0.308 e. The van der Waals surface area contributed by atoms with Crippen LogP contribution >= 0.6 is 0 Å². The third-order valence-corrected chi connectivity index (χ3v) is 3.43. The van der Waals surface area contributed by atoms with E-state index >= 15 is 0 Å². The van der Waals surface area contributed by atoms with Crippen LogP contribution in [0.5, 0.6) is 0 Å². The molecular weight excluding hydrogens is 221 g/mol. The van der Waals surface area contributed by atoms with E-state index in [4.69, 9.17) is 5.11 Å². The first-order chi connectivity index (χ1) is 8.09. The minimum Gasteiger partial charge on any atom is -0.481 e. The molecule has 1 aromatic carbocycles. The Labute approximate surface area is 99.7 Å². The van der Waals surface area contributed by atoms with Crippen molar-refractivity contribution in [2.24, 2.45) is 5.92 Å². The van der Waals surface area contributed by atoms with E-state index in [1.54, 1.807) is 18.2 Å². The number of carbonyl (C=O) groups is 1. The van der Waals surface area contributed by atoms with E-state index in [-0.39, 0.29) is 23.8 Å². The second-order valence-corrected chi connectivity index (χ2v) is 4.54. The first-order valence-electron chi connectivity index (χ1n) is 5.83. The van der Waals surface area contributed by atoms with E-state index in [0.29, 0.717) is 12.0 Å². The molecule has 1 aliphatic carbocycles. The van der Waals surface area contributed by atoms with E-state index in [9.17, 15) is 9.18 Å². The lowest BCUT2D eigenvalue weighted by atomic mass is 9.79. The van der Waals surface area contributed by atoms with Crippen LogP contribution in [0.1, 0.15) is 31.4 Å². The van der Waals surface area contributed by atoms with Crippen molar-refractivity contribution in [3.8, 4) is 0 Å². The van der Waals surface area contributed by atoms with Crippen molar-refractivity contribution in [1.82, 2.24) is 5.32 Å². The maximum absolute atomic E-state index is 13.5. The van der Waals surface area contributed by atoms with Crippen LogP contribution in [0.3, 0.4) is 0 Å². The van der Waals surface area contributed by atoms with Gasteiger partial charge in [0.15, 0.2) is 0 Å². The van der Waals surface area contributed by atoms with Crippen LogP contribution in [0.4, 0.5) is 4.39 Å². The van der Waals surface area contributed by atoms with Gasteiger partial charge in [0.2, 0.25) is 0 Å². The molecule has 2 rings (SSSR count). The number of carboxylic acid groups (broad SMARTS) is 1. The van der Waals surface area contributed by atoms with E-state index in [1.807, 2.05) is 6.92 Å². The van der Waals surface area contributed by atoms with Crippen LogP contribution in [0.2, 0.25) is 0 Å². The van der Waals surface area contributed by atoms with Crippen LogP contribution in [0.25, 0.3) is 0 Å². The SMILES string of the molecule is C[C@@H](NC1CCC1C(=O)O)c1ccccc1F. The number of nitrogens with one attached hydrogen (secondary N) is 1. The second kappa shape index (κ2) is 4.84. The molecule has 17 heavy (non-hydrogen) atoms. The van der Waals surface area contributed by atoms with E-state index in [1.165, 1.54) is 6.07 Å². The third-order valence-electron chi connectivity index (χ3n) is 3.43. The van der Waals surface area contributed by atoms with Crippen LogP contribution in [0.15, 0.2) is 24.3 Å². The summed E-state index contributed by atoms with van der Waals surface area (Å²) >= 11 is 0. The summed E-state index contributed by atoms with van der Waals surface area (Å²) in [6.07, 6.45) is 1.55. The van der Waals surface area contributed by atoms with Gasteiger partial charge in [-0.25, -0.2) is 4.39 Å². The largest absolute Gasteiger partial charge is 0.481 e. The fourth-order valence-corrected chi connectivity index (χ4v) is 2.23.